The molecule has 0 bridgehead atoms. The summed E-state index contributed by atoms with van der Waals surface area (Å²) in [5.74, 6) is -0.162. The second-order valence-electron chi connectivity index (χ2n) is 2.89. The van der Waals surface area contributed by atoms with E-state index < -0.39 is 0 Å². The molecule has 1 rings (SSSR count). The molecule has 0 radical (unpaired) electrons. The lowest BCUT2D eigenvalue weighted by Gasteiger charge is -2.08. The first-order valence-corrected chi connectivity index (χ1v) is 3.50. The van der Waals surface area contributed by atoms with E-state index in [9.17, 15) is 4.79 Å². The van der Waals surface area contributed by atoms with E-state index >= 15 is 0 Å². The highest BCUT2D eigenvalue weighted by Crippen LogP contribution is 2.48. The normalized spacial score (nSPS) is 20.5. The van der Waals surface area contributed by atoms with E-state index in [1.54, 1.807) is 7.11 Å². The molecule has 3 heteroatoms. The summed E-state index contributed by atoms with van der Waals surface area (Å²) in [4.78, 5) is 10.8. The third kappa shape index (κ3) is 1.29. The lowest BCUT2D eigenvalue weighted by molar-refractivity contribution is -0.123. The van der Waals surface area contributed by atoms with Crippen molar-refractivity contribution in [1.82, 2.24) is 0 Å². The van der Waals surface area contributed by atoms with E-state index in [1.807, 2.05) is 0 Å². The highest BCUT2D eigenvalue weighted by molar-refractivity contribution is 5.83. The molecule has 1 fully saturated rings. The molecule has 1 aliphatic carbocycles. The van der Waals surface area contributed by atoms with Crippen molar-refractivity contribution in [2.45, 2.75) is 19.3 Å². The molecule has 10 heavy (non-hydrogen) atoms. The fraction of sp³-hybridized carbons (Fsp3) is 0.857. The predicted molar refractivity (Wildman–Crippen MR) is 37.4 cm³/mol. The Balaban J connectivity index is 2.31. The van der Waals surface area contributed by atoms with Gasteiger partial charge in [0.1, 0.15) is 0 Å². The summed E-state index contributed by atoms with van der Waals surface area (Å²) >= 11 is 0. The van der Waals surface area contributed by atoms with Crippen molar-refractivity contribution in [2.24, 2.45) is 11.1 Å². The Morgan fingerprint density at radius 3 is 2.60 bits per heavy atom. The summed E-state index contributed by atoms with van der Waals surface area (Å²) in [7, 11) is 1.64. The Morgan fingerprint density at radius 1 is 1.70 bits per heavy atom. The Bertz CT molecular complexity index is 141. The van der Waals surface area contributed by atoms with Crippen LogP contribution < -0.4 is 5.73 Å². The van der Waals surface area contributed by atoms with Gasteiger partial charge in [-0.1, -0.05) is 0 Å². The molecular formula is C7H13NO2. The van der Waals surface area contributed by atoms with Crippen LogP contribution in [0.4, 0.5) is 0 Å². The number of primary amides is 1. The summed E-state index contributed by atoms with van der Waals surface area (Å²) in [5, 5.41) is 0. The zero-order chi connectivity index (χ0) is 7.61. The Kier molecular flexibility index (Phi) is 1.94. The fourth-order valence-electron chi connectivity index (χ4n) is 1.07. The molecule has 0 atom stereocenters. The summed E-state index contributed by atoms with van der Waals surface area (Å²) in [6.45, 7) is 0.642. The van der Waals surface area contributed by atoms with E-state index in [4.69, 9.17) is 10.5 Å². The predicted octanol–water partition coefficient (Wildman–Crippen LogP) is 0.288. The number of rotatable bonds is 4. The molecule has 0 aliphatic heterocycles. The third-order valence-corrected chi connectivity index (χ3v) is 2.16. The van der Waals surface area contributed by atoms with Gasteiger partial charge in [0.2, 0.25) is 5.91 Å². The van der Waals surface area contributed by atoms with Gasteiger partial charge in [0.15, 0.2) is 0 Å². The standard InChI is InChI=1S/C7H13NO2/c1-10-5-4-7(2-3-7)6(8)9/h2-5H2,1H3,(H2,8,9). The van der Waals surface area contributed by atoms with Crippen LogP contribution in [0, 0.1) is 5.41 Å². The minimum absolute atomic E-state index is 0.162. The van der Waals surface area contributed by atoms with Crippen LogP contribution in [0.2, 0.25) is 0 Å². The molecule has 0 heterocycles. The molecule has 3 nitrogen and oxygen atoms in total. The lowest BCUT2D eigenvalue weighted by Crippen LogP contribution is -2.25. The third-order valence-electron chi connectivity index (χ3n) is 2.16. The molecule has 0 aromatic heterocycles. The zero-order valence-electron chi connectivity index (χ0n) is 6.22. The molecule has 2 N–H and O–H groups in total. The quantitative estimate of drug-likeness (QED) is 0.615. The minimum atomic E-state index is -0.185. The molecular weight excluding hydrogens is 130 g/mol. The Morgan fingerprint density at radius 2 is 2.30 bits per heavy atom. The summed E-state index contributed by atoms with van der Waals surface area (Å²) in [5.41, 5.74) is 4.99. The van der Waals surface area contributed by atoms with Gasteiger partial charge in [0.25, 0.3) is 0 Å². The first-order chi connectivity index (χ1) is 4.71. The van der Waals surface area contributed by atoms with Crippen molar-refractivity contribution in [2.75, 3.05) is 13.7 Å². The number of hydrogen-bond donors (Lipinski definition) is 1. The maximum atomic E-state index is 10.8. The van der Waals surface area contributed by atoms with Crippen LogP contribution in [0.25, 0.3) is 0 Å². The van der Waals surface area contributed by atoms with Crippen LogP contribution in [-0.2, 0) is 9.53 Å². The minimum Gasteiger partial charge on any atom is -0.385 e. The average molecular weight is 143 g/mol. The van der Waals surface area contributed by atoms with Crippen molar-refractivity contribution in [3.05, 3.63) is 0 Å². The fourth-order valence-corrected chi connectivity index (χ4v) is 1.07. The molecule has 0 spiro atoms. The topological polar surface area (TPSA) is 52.3 Å². The summed E-state index contributed by atoms with van der Waals surface area (Å²) in [6.07, 6.45) is 2.69. The maximum Gasteiger partial charge on any atom is 0.223 e. The first-order valence-electron chi connectivity index (χ1n) is 3.50. The van der Waals surface area contributed by atoms with E-state index in [2.05, 4.69) is 0 Å². The highest BCUT2D eigenvalue weighted by Gasteiger charge is 2.47. The highest BCUT2D eigenvalue weighted by atomic mass is 16.5. The van der Waals surface area contributed by atoms with Crippen molar-refractivity contribution >= 4 is 5.91 Å². The number of amides is 1. The van der Waals surface area contributed by atoms with E-state index in [0.29, 0.717) is 6.61 Å². The molecule has 1 saturated carbocycles. The van der Waals surface area contributed by atoms with E-state index in [1.165, 1.54) is 0 Å². The molecule has 0 saturated heterocycles. The Hall–Kier alpha value is -0.570. The molecule has 58 valence electrons. The summed E-state index contributed by atoms with van der Waals surface area (Å²) in [6, 6.07) is 0. The van der Waals surface area contributed by atoms with Gasteiger partial charge < -0.3 is 10.5 Å². The number of nitrogens with two attached hydrogens (primary N) is 1. The van der Waals surface area contributed by atoms with Crippen LogP contribution in [0.1, 0.15) is 19.3 Å². The smallest absolute Gasteiger partial charge is 0.223 e. The van der Waals surface area contributed by atoms with Crippen LogP contribution in [0.15, 0.2) is 0 Å². The van der Waals surface area contributed by atoms with Gasteiger partial charge in [-0.3, -0.25) is 4.79 Å². The van der Waals surface area contributed by atoms with Crippen LogP contribution in [0.3, 0.4) is 0 Å². The van der Waals surface area contributed by atoms with Crippen LogP contribution >= 0.6 is 0 Å². The molecule has 1 aliphatic rings. The lowest BCUT2D eigenvalue weighted by atomic mass is 10.0. The monoisotopic (exact) mass is 143 g/mol. The SMILES string of the molecule is COCCC1(C(N)=O)CC1. The molecule has 1 amide bonds. The zero-order valence-corrected chi connectivity index (χ0v) is 6.22. The van der Waals surface area contributed by atoms with Crippen molar-refractivity contribution in [3.8, 4) is 0 Å². The van der Waals surface area contributed by atoms with Gasteiger partial charge in [-0.25, -0.2) is 0 Å². The maximum absolute atomic E-state index is 10.8. The van der Waals surface area contributed by atoms with Crippen molar-refractivity contribution in [1.29, 1.82) is 0 Å². The van der Waals surface area contributed by atoms with Crippen LogP contribution in [-0.4, -0.2) is 19.6 Å². The number of methoxy groups -OCH3 is 1. The molecule has 0 unspecified atom stereocenters. The van der Waals surface area contributed by atoms with E-state index in [0.717, 1.165) is 19.3 Å². The molecule has 0 aromatic carbocycles. The summed E-state index contributed by atoms with van der Waals surface area (Å²) < 4.78 is 4.86. The largest absolute Gasteiger partial charge is 0.385 e. The van der Waals surface area contributed by atoms with Gasteiger partial charge in [-0.05, 0) is 19.3 Å². The van der Waals surface area contributed by atoms with Gasteiger partial charge in [0, 0.05) is 13.7 Å². The number of hydrogen-bond acceptors (Lipinski definition) is 2. The van der Waals surface area contributed by atoms with Crippen molar-refractivity contribution < 1.29 is 9.53 Å². The number of carbonyl (C=O) groups is 1. The number of carbonyl (C=O) groups excluding carboxylic acids is 1. The van der Waals surface area contributed by atoms with E-state index in [-0.39, 0.29) is 11.3 Å². The first kappa shape index (κ1) is 7.54. The molecule has 0 aromatic rings. The van der Waals surface area contributed by atoms with Crippen molar-refractivity contribution in [3.63, 3.8) is 0 Å². The van der Waals surface area contributed by atoms with Crippen LogP contribution in [0.5, 0.6) is 0 Å². The second-order valence-corrected chi connectivity index (χ2v) is 2.89. The van der Waals surface area contributed by atoms with Gasteiger partial charge in [0.05, 0.1) is 5.41 Å². The van der Waals surface area contributed by atoms with Gasteiger partial charge in [-0.15, -0.1) is 0 Å². The second kappa shape index (κ2) is 2.58. The van der Waals surface area contributed by atoms with Gasteiger partial charge >= 0.3 is 0 Å². The van der Waals surface area contributed by atoms with Gasteiger partial charge in [-0.2, -0.15) is 0 Å². The number of ether oxygens (including phenoxy) is 1. The average Bonchev–Trinajstić information content (AvgIpc) is 2.64. The Labute approximate surface area is 60.5 Å².